The van der Waals surface area contributed by atoms with Crippen LogP contribution in [-0.2, 0) is 15.8 Å². The number of rotatable bonds is 7. The minimum Gasteiger partial charge on any atom is -0.468 e. The molecule has 0 radical (unpaired) electrons. The van der Waals surface area contributed by atoms with Crippen molar-refractivity contribution in [2.75, 3.05) is 18.8 Å². The van der Waals surface area contributed by atoms with E-state index < -0.39 is 10.0 Å². The van der Waals surface area contributed by atoms with E-state index in [9.17, 15) is 8.42 Å². The van der Waals surface area contributed by atoms with Gasteiger partial charge >= 0.3 is 0 Å². The lowest BCUT2D eigenvalue weighted by Gasteiger charge is -2.30. The van der Waals surface area contributed by atoms with Gasteiger partial charge in [-0.25, -0.2) is 8.42 Å². The van der Waals surface area contributed by atoms with Crippen LogP contribution in [0, 0.1) is 5.92 Å². The lowest BCUT2D eigenvalue weighted by atomic mass is 10.0. The van der Waals surface area contributed by atoms with Crippen LogP contribution in [0.5, 0.6) is 0 Å². The van der Waals surface area contributed by atoms with Gasteiger partial charge < -0.3 is 4.42 Å². The summed E-state index contributed by atoms with van der Waals surface area (Å²) in [4.78, 5) is 0. The van der Waals surface area contributed by atoms with Gasteiger partial charge in [0.25, 0.3) is 0 Å². The number of piperidine rings is 1. The molecule has 1 aliphatic heterocycles. The maximum absolute atomic E-state index is 12.5. The maximum atomic E-state index is 12.5. The minimum atomic E-state index is -3.33. The summed E-state index contributed by atoms with van der Waals surface area (Å²) in [6, 6.07) is 13.4. The number of thioether (sulfide) groups is 1. The van der Waals surface area contributed by atoms with Gasteiger partial charge in [-0.2, -0.15) is 16.1 Å². The summed E-state index contributed by atoms with van der Waals surface area (Å²) in [7, 11) is -3.33. The van der Waals surface area contributed by atoms with Crippen LogP contribution in [0.25, 0.3) is 6.08 Å². The van der Waals surface area contributed by atoms with Crippen molar-refractivity contribution in [1.82, 2.24) is 4.31 Å². The summed E-state index contributed by atoms with van der Waals surface area (Å²) in [5.74, 6) is 3.50. The van der Waals surface area contributed by atoms with Gasteiger partial charge in [-0.05, 0) is 48.3 Å². The average Bonchev–Trinajstić information content (AvgIpc) is 3.15. The first-order chi connectivity index (χ1) is 12.1. The first kappa shape index (κ1) is 18.3. The number of benzene rings is 1. The van der Waals surface area contributed by atoms with Crippen molar-refractivity contribution in [2.24, 2.45) is 5.92 Å². The largest absolute Gasteiger partial charge is 0.468 e. The number of nitrogens with zero attached hydrogens (tertiary/aromatic N) is 1. The number of hydrogen-bond acceptors (Lipinski definition) is 4. The molecule has 1 aromatic heterocycles. The lowest BCUT2D eigenvalue weighted by molar-refractivity contribution is 0.293. The van der Waals surface area contributed by atoms with Crippen LogP contribution in [0.3, 0.4) is 0 Å². The van der Waals surface area contributed by atoms with Crippen molar-refractivity contribution in [1.29, 1.82) is 0 Å². The third-order valence-corrected chi connectivity index (χ3v) is 7.10. The highest BCUT2D eigenvalue weighted by Gasteiger charge is 2.26. The van der Waals surface area contributed by atoms with Gasteiger partial charge in [-0.15, -0.1) is 0 Å². The molecule has 0 unspecified atom stereocenters. The highest BCUT2D eigenvalue weighted by molar-refractivity contribution is 7.98. The van der Waals surface area contributed by atoms with Crippen LogP contribution in [0.2, 0.25) is 0 Å². The predicted octanol–water partition coefficient (Wildman–Crippen LogP) is 4.23. The highest BCUT2D eigenvalue weighted by Crippen LogP contribution is 2.25. The molecule has 0 saturated carbocycles. The number of furan rings is 1. The zero-order valence-electron chi connectivity index (χ0n) is 14.1. The Morgan fingerprint density at radius 2 is 1.88 bits per heavy atom. The molecule has 0 bridgehead atoms. The lowest BCUT2D eigenvalue weighted by Crippen LogP contribution is -2.37. The summed E-state index contributed by atoms with van der Waals surface area (Å²) in [5, 5.41) is 1.33. The zero-order valence-corrected chi connectivity index (χ0v) is 15.7. The molecular formula is C19H23NO3S2. The van der Waals surface area contributed by atoms with Gasteiger partial charge in [-0.1, -0.05) is 30.3 Å². The Labute approximate surface area is 154 Å². The van der Waals surface area contributed by atoms with Crippen LogP contribution in [0.15, 0.2) is 58.6 Å². The van der Waals surface area contributed by atoms with Crippen LogP contribution >= 0.6 is 11.8 Å². The van der Waals surface area contributed by atoms with E-state index in [0.29, 0.717) is 19.0 Å². The molecule has 0 amide bonds. The topological polar surface area (TPSA) is 50.5 Å². The third-order valence-electron chi connectivity index (χ3n) is 4.34. The van der Waals surface area contributed by atoms with Crippen LogP contribution in [0.4, 0.5) is 0 Å². The summed E-state index contributed by atoms with van der Waals surface area (Å²) >= 11 is 1.86. The van der Waals surface area contributed by atoms with Gasteiger partial charge in [0.2, 0.25) is 10.0 Å². The van der Waals surface area contributed by atoms with Crippen molar-refractivity contribution in [3.05, 3.63) is 65.5 Å². The molecule has 3 rings (SSSR count). The molecule has 1 aliphatic rings. The fourth-order valence-electron chi connectivity index (χ4n) is 2.87. The normalized spacial score (nSPS) is 17.3. The Kier molecular flexibility index (Phi) is 6.39. The monoisotopic (exact) mass is 377 g/mol. The van der Waals surface area contributed by atoms with E-state index in [1.807, 2.05) is 54.2 Å². The van der Waals surface area contributed by atoms with E-state index in [4.69, 9.17) is 4.42 Å². The quantitative estimate of drug-likeness (QED) is 0.725. The van der Waals surface area contributed by atoms with Crippen molar-refractivity contribution in [3.63, 3.8) is 0 Å². The van der Waals surface area contributed by atoms with E-state index >= 15 is 0 Å². The second-order valence-corrected chi connectivity index (χ2v) is 9.04. The molecule has 0 atom stereocenters. The molecule has 1 aromatic carbocycles. The fourth-order valence-corrected chi connectivity index (χ4v) is 5.24. The third kappa shape index (κ3) is 5.49. The van der Waals surface area contributed by atoms with Gasteiger partial charge in [0.15, 0.2) is 0 Å². The molecule has 0 N–H and O–H groups in total. The SMILES string of the molecule is O=S(=O)(C=Cc1ccccc1)N1CCC(CSCc2ccco2)CC1. The molecule has 0 aliphatic carbocycles. The summed E-state index contributed by atoms with van der Waals surface area (Å²) in [5.41, 5.74) is 0.898. The van der Waals surface area contributed by atoms with Gasteiger partial charge in [0.05, 0.1) is 12.0 Å². The molecule has 2 heterocycles. The summed E-state index contributed by atoms with van der Waals surface area (Å²) in [6.45, 7) is 1.21. The Balaban J connectivity index is 1.45. The fraction of sp³-hybridized carbons (Fsp3) is 0.368. The van der Waals surface area contributed by atoms with Gasteiger partial charge in [-0.3, -0.25) is 0 Å². The van der Waals surface area contributed by atoms with Crippen molar-refractivity contribution >= 4 is 27.9 Å². The molecule has 134 valence electrons. The summed E-state index contributed by atoms with van der Waals surface area (Å²) < 4.78 is 31.8. The molecule has 0 spiro atoms. The zero-order chi connectivity index (χ0) is 17.5. The van der Waals surface area contributed by atoms with E-state index in [2.05, 4.69) is 0 Å². The minimum absolute atomic E-state index is 0.574. The van der Waals surface area contributed by atoms with Crippen molar-refractivity contribution in [3.8, 4) is 0 Å². The first-order valence-corrected chi connectivity index (χ1v) is 11.1. The second kappa shape index (κ2) is 8.74. The number of sulfonamides is 1. The highest BCUT2D eigenvalue weighted by atomic mass is 32.2. The van der Waals surface area contributed by atoms with Gasteiger partial charge in [0, 0.05) is 18.5 Å². The van der Waals surface area contributed by atoms with E-state index in [1.165, 1.54) is 5.41 Å². The maximum Gasteiger partial charge on any atom is 0.236 e. The van der Waals surface area contributed by atoms with Crippen molar-refractivity contribution in [2.45, 2.75) is 18.6 Å². The summed E-state index contributed by atoms with van der Waals surface area (Å²) in [6.07, 6.45) is 5.20. The smallest absolute Gasteiger partial charge is 0.236 e. The predicted molar refractivity (Wildman–Crippen MR) is 104 cm³/mol. The molecule has 4 nitrogen and oxygen atoms in total. The molecular weight excluding hydrogens is 354 g/mol. The Bertz CT molecular complexity index is 762. The van der Waals surface area contributed by atoms with Crippen molar-refractivity contribution < 1.29 is 12.8 Å². The van der Waals surface area contributed by atoms with Crippen LogP contribution < -0.4 is 0 Å². The van der Waals surface area contributed by atoms with Gasteiger partial charge in [0.1, 0.15) is 5.76 Å². The number of hydrogen-bond donors (Lipinski definition) is 0. The standard InChI is InChI=1S/C19H23NO3S2/c21-25(22,14-10-17-5-2-1-3-6-17)20-11-8-18(9-12-20)15-24-16-19-7-4-13-23-19/h1-7,10,13-14,18H,8-9,11-12,15-16H2. The molecule has 2 aromatic rings. The molecule has 6 heteroatoms. The Morgan fingerprint density at radius 1 is 1.12 bits per heavy atom. The molecule has 1 saturated heterocycles. The first-order valence-electron chi connectivity index (χ1n) is 8.47. The van der Waals surface area contributed by atoms with Crippen LogP contribution in [0.1, 0.15) is 24.2 Å². The Morgan fingerprint density at radius 3 is 2.56 bits per heavy atom. The van der Waals surface area contributed by atoms with E-state index in [1.54, 1.807) is 16.6 Å². The van der Waals surface area contributed by atoms with E-state index in [-0.39, 0.29) is 0 Å². The molecule has 1 fully saturated rings. The molecule has 25 heavy (non-hydrogen) atoms. The Hall–Kier alpha value is -1.50. The van der Waals surface area contributed by atoms with E-state index in [0.717, 1.165) is 35.7 Å². The van der Waals surface area contributed by atoms with Crippen LogP contribution in [-0.4, -0.2) is 31.6 Å². The average molecular weight is 378 g/mol. The second-order valence-electron chi connectivity index (χ2n) is 6.20.